The third-order valence-electron chi connectivity index (χ3n) is 5.87. The summed E-state index contributed by atoms with van der Waals surface area (Å²) < 4.78 is 11.0. The average molecular weight is 406 g/mol. The molecule has 2 saturated heterocycles. The van der Waals surface area contributed by atoms with Gasteiger partial charge >= 0.3 is 0 Å². The van der Waals surface area contributed by atoms with Crippen molar-refractivity contribution in [1.82, 2.24) is 30.0 Å². The van der Waals surface area contributed by atoms with Crippen LogP contribution in [0.1, 0.15) is 36.1 Å². The van der Waals surface area contributed by atoms with Crippen LogP contribution in [0.2, 0.25) is 0 Å². The predicted molar refractivity (Wildman–Crippen MR) is 105 cm³/mol. The van der Waals surface area contributed by atoms with Gasteiger partial charge in [0.1, 0.15) is 5.69 Å². The minimum Gasteiger partial charge on any atom is -0.381 e. The van der Waals surface area contributed by atoms with Crippen LogP contribution in [0.15, 0.2) is 47.6 Å². The molecule has 5 heterocycles. The van der Waals surface area contributed by atoms with Crippen LogP contribution >= 0.6 is 0 Å². The normalized spacial score (nSPS) is 22.3. The Balaban J connectivity index is 1.42. The third kappa shape index (κ3) is 3.68. The molecule has 0 unspecified atom stereocenters. The van der Waals surface area contributed by atoms with E-state index in [1.54, 1.807) is 24.8 Å². The molecule has 2 atom stereocenters. The lowest BCUT2D eigenvalue weighted by Crippen LogP contribution is -2.37. The SMILES string of the molecule is O=C(C1CCOCC1)N1C[C@@H](c2cccnc2)[C@H](c2nc(-c3cnccn3)no2)C1. The molecular weight excluding hydrogens is 384 g/mol. The molecule has 0 saturated carbocycles. The Morgan fingerprint density at radius 2 is 1.87 bits per heavy atom. The number of carbonyl (C=O) groups excluding carboxylic acids is 1. The summed E-state index contributed by atoms with van der Waals surface area (Å²) in [5.41, 5.74) is 1.61. The fourth-order valence-electron chi connectivity index (χ4n) is 4.27. The molecule has 2 aliphatic heterocycles. The van der Waals surface area contributed by atoms with Crippen molar-refractivity contribution >= 4 is 5.91 Å². The van der Waals surface area contributed by atoms with Crippen LogP contribution in [-0.2, 0) is 9.53 Å². The van der Waals surface area contributed by atoms with Crippen molar-refractivity contribution in [2.75, 3.05) is 26.3 Å². The Morgan fingerprint density at radius 3 is 2.63 bits per heavy atom. The maximum absolute atomic E-state index is 13.2. The Bertz CT molecular complexity index is 990. The predicted octanol–water partition coefficient (Wildman–Crippen LogP) is 2.06. The monoisotopic (exact) mass is 406 g/mol. The van der Waals surface area contributed by atoms with Crippen LogP contribution in [0, 0.1) is 5.92 Å². The summed E-state index contributed by atoms with van der Waals surface area (Å²) in [5, 5.41) is 4.09. The molecule has 3 aromatic heterocycles. The largest absolute Gasteiger partial charge is 0.381 e. The van der Waals surface area contributed by atoms with Crippen molar-refractivity contribution in [3.63, 3.8) is 0 Å². The van der Waals surface area contributed by atoms with Gasteiger partial charge in [0.25, 0.3) is 0 Å². The zero-order valence-electron chi connectivity index (χ0n) is 16.4. The highest BCUT2D eigenvalue weighted by Gasteiger charge is 2.42. The molecule has 0 bridgehead atoms. The van der Waals surface area contributed by atoms with Gasteiger partial charge in [-0.15, -0.1) is 0 Å². The maximum Gasteiger partial charge on any atom is 0.232 e. The molecule has 0 spiro atoms. The summed E-state index contributed by atoms with van der Waals surface area (Å²) in [5.74, 6) is 1.05. The summed E-state index contributed by atoms with van der Waals surface area (Å²) in [7, 11) is 0. The topological polar surface area (TPSA) is 107 Å². The molecule has 0 N–H and O–H groups in total. The quantitative estimate of drug-likeness (QED) is 0.648. The minimum atomic E-state index is -0.101. The smallest absolute Gasteiger partial charge is 0.232 e. The lowest BCUT2D eigenvalue weighted by atomic mass is 9.90. The lowest BCUT2D eigenvalue weighted by molar-refractivity contribution is -0.137. The average Bonchev–Trinajstić information content (AvgIpc) is 3.48. The van der Waals surface area contributed by atoms with Gasteiger partial charge in [-0.1, -0.05) is 11.2 Å². The van der Waals surface area contributed by atoms with Crippen LogP contribution in [0.4, 0.5) is 0 Å². The van der Waals surface area contributed by atoms with E-state index >= 15 is 0 Å². The summed E-state index contributed by atoms with van der Waals surface area (Å²) in [4.78, 5) is 32.2. The van der Waals surface area contributed by atoms with Crippen LogP contribution in [0.5, 0.6) is 0 Å². The zero-order valence-corrected chi connectivity index (χ0v) is 16.4. The minimum absolute atomic E-state index is 0.0184. The molecule has 154 valence electrons. The molecular formula is C21H22N6O3. The molecule has 3 aromatic rings. The summed E-state index contributed by atoms with van der Waals surface area (Å²) >= 11 is 0. The van der Waals surface area contributed by atoms with Gasteiger partial charge in [0.15, 0.2) is 0 Å². The van der Waals surface area contributed by atoms with E-state index in [1.165, 1.54) is 0 Å². The Labute approximate surface area is 173 Å². The van der Waals surface area contributed by atoms with Crippen molar-refractivity contribution < 1.29 is 14.1 Å². The van der Waals surface area contributed by atoms with Crippen LogP contribution in [0.3, 0.4) is 0 Å². The van der Waals surface area contributed by atoms with Gasteiger partial charge in [-0.05, 0) is 24.5 Å². The Kier molecular flexibility index (Phi) is 5.18. The first-order valence-electron chi connectivity index (χ1n) is 10.2. The van der Waals surface area contributed by atoms with Crippen molar-refractivity contribution in [2.45, 2.75) is 24.7 Å². The summed E-state index contributed by atoms with van der Waals surface area (Å²) in [6.07, 6.45) is 9.93. The Hall–Kier alpha value is -3.20. The molecule has 9 nitrogen and oxygen atoms in total. The van der Waals surface area contributed by atoms with Gasteiger partial charge in [-0.3, -0.25) is 14.8 Å². The van der Waals surface area contributed by atoms with Gasteiger partial charge in [-0.25, -0.2) is 4.98 Å². The molecule has 2 fully saturated rings. The van der Waals surface area contributed by atoms with E-state index in [-0.39, 0.29) is 23.7 Å². The molecule has 2 aliphatic rings. The van der Waals surface area contributed by atoms with Gasteiger partial charge < -0.3 is 14.2 Å². The number of rotatable bonds is 4. The fraction of sp³-hybridized carbons (Fsp3) is 0.429. The lowest BCUT2D eigenvalue weighted by Gasteiger charge is -2.26. The number of aromatic nitrogens is 5. The fourth-order valence-corrected chi connectivity index (χ4v) is 4.27. The molecule has 0 radical (unpaired) electrons. The maximum atomic E-state index is 13.2. The van der Waals surface area contributed by atoms with Crippen molar-refractivity contribution in [2.24, 2.45) is 5.92 Å². The van der Waals surface area contributed by atoms with Crippen LogP contribution < -0.4 is 0 Å². The van der Waals surface area contributed by atoms with Crippen LogP contribution in [-0.4, -0.2) is 62.2 Å². The first-order valence-corrected chi connectivity index (χ1v) is 10.2. The van der Waals surface area contributed by atoms with E-state index in [0.717, 1.165) is 18.4 Å². The second kappa shape index (κ2) is 8.27. The third-order valence-corrected chi connectivity index (χ3v) is 5.87. The molecule has 5 rings (SSSR count). The highest BCUT2D eigenvalue weighted by Crippen LogP contribution is 2.40. The van der Waals surface area contributed by atoms with Crippen molar-refractivity contribution in [3.05, 3.63) is 54.6 Å². The van der Waals surface area contributed by atoms with E-state index < -0.39 is 0 Å². The highest BCUT2D eigenvalue weighted by molar-refractivity contribution is 5.79. The molecule has 0 aromatic carbocycles. The number of likely N-dealkylation sites (tertiary alicyclic amines) is 1. The van der Waals surface area contributed by atoms with Gasteiger partial charge in [-0.2, -0.15) is 4.98 Å². The first kappa shape index (κ1) is 18.8. The first-order chi connectivity index (χ1) is 14.8. The number of pyridine rings is 1. The highest BCUT2D eigenvalue weighted by atomic mass is 16.5. The van der Waals surface area contributed by atoms with E-state index in [1.807, 2.05) is 23.2 Å². The van der Waals surface area contributed by atoms with Crippen LogP contribution in [0.25, 0.3) is 11.5 Å². The number of ether oxygens (including phenoxy) is 1. The van der Waals surface area contributed by atoms with Gasteiger partial charge in [0.2, 0.25) is 17.6 Å². The van der Waals surface area contributed by atoms with Gasteiger partial charge in [0.05, 0.1) is 12.1 Å². The number of hydrogen-bond donors (Lipinski definition) is 0. The van der Waals surface area contributed by atoms with E-state index in [2.05, 4.69) is 25.1 Å². The number of amides is 1. The molecule has 9 heteroatoms. The van der Waals surface area contributed by atoms with Crippen molar-refractivity contribution in [3.8, 4) is 11.5 Å². The second-order valence-electron chi connectivity index (χ2n) is 7.68. The number of nitrogens with zero attached hydrogens (tertiary/aromatic N) is 6. The number of hydrogen-bond acceptors (Lipinski definition) is 8. The molecule has 1 amide bonds. The second-order valence-corrected chi connectivity index (χ2v) is 7.68. The molecule has 30 heavy (non-hydrogen) atoms. The molecule has 0 aliphatic carbocycles. The standard InChI is InChI=1S/C21H22N6O3/c28-21(14-3-8-29-9-4-14)27-12-16(15-2-1-5-22-10-15)17(13-27)20-25-19(26-30-20)18-11-23-6-7-24-18/h1-2,5-7,10-11,14,16-17H,3-4,8-9,12-13H2/t16-,17+/m0/s1. The Morgan fingerprint density at radius 1 is 1.03 bits per heavy atom. The van der Waals surface area contributed by atoms with E-state index in [9.17, 15) is 4.79 Å². The zero-order chi connectivity index (χ0) is 20.3. The van der Waals surface area contributed by atoms with E-state index in [0.29, 0.717) is 43.7 Å². The van der Waals surface area contributed by atoms with E-state index in [4.69, 9.17) is 9.26 Å². The number of carbonyl (C=O) groups is 1. The van der Waals surface area contributed by atoms with Gasteiger partial charge in [0, 0.05) is 62.9 Å². The summed E-state index contributed by atoms with van der Waals surface area (Å²) in [6, 6.07) is 3.95. The van der Waals surface area contributed by atoms with Crippen molar-refractivity contribution in [1.29, 1.82) is 0 Å². The summed E-state index contributed by atoms with van der Waals surface area (Å²) in [6.45, 7) is 2.43.